The predicted octanol–water partition coefficient (Wildman–Crippen LogP) is 2.51. The van der Waals surface area contributed by atoms with E-state index in [0.717, 1.165) is 11.3 Å². The first-order valence-corrected chi connectivity index (χ1v) is 5.55. The maximum absolute atomic E-state index is 6.21. The Morgan fingerprint density at radius 1 is 1.31 bits per heavy atom. The van der Waals surface area contributed by atoms with Crippen LogP contribution in [0.3, 0.4) is 0 Å². The molecule has 0 saturated heterocycles. The van der Waals surface area contributed by atoms with Crippen LogP contribution in [0.15, 0.2) is 24.3 Å². The number of ether oxygens (including phenoxy) is 2. The number of benzene rings is 1. The highest BCUT2D eigenvalue weighted by Gasteiger charge is 2.29. The average Bonchev–Trinajstić information content (AvgIpc) is 2.29. The van der Waals surface area contributed by atoms with Crippen LogP contribution in [0, 0.1) is 0 Å². The largest absolute Gasteiger partial charge is 0.494 e. The average molecular weight is 223 g/mol. The van der Waals surface area contributed by atoms with Crippen LogP contribution in [0.1, 0.15) is 32.4 Å². The van der Waals surface area contributed by atoms with Gasteiger partial charge < -0.3 is 15.2 Å². The van der Waals surface area contributed by atoms with Gasteiger partial charge in [0.15, 0.2) is 0 Å². The molecule has 0 aromatic heterocycles. The Kier molecular flexibility index (Phi) is 4.33. The van der Waals surface area contributed by atoms with Gasteiger partial charge in [-0.3, -0.25) is 0 Å². The highest BCUT2D eigenvalue weighted by Crippen LogP contribution is 2.32. The van der Waals surface area contributed by atoms with E-state index in [1.54, 1.807) is 7.11 Å². The van der Waals surface area contributed by atoms with Gasteiger partial charge in [0, 0.05) is 12.7 Å². The molecule has 3 nitrogen and oxygen atoms in total. The van der Waals surface area contributed by atoms with Crippen molar-refractivity contribution in [3.63, 3.8) is 0 Å². The van der Waals surface area contributed by atoms with Crippen LogP contribution >= 0.6 is 0 Å². The summed E-state index contributed by atoms with van der Waals surface area (Å²) in [4.78, 5) is 0. The van der Waals surface area contributed by atoms with Gasteiger partial charge >= 0.3 is 0 Å². The van der Waals surface area contributed by atoms with Gasteiger partial charge in [-0.1, -0.05) is 18.2 Å². The smallest absolute Gasteiger partial charge is 0.124 e. The number of hydrogen-bond acceptors (Lipinski definition) is 3. The summed E-state index contributed by atoms with van der Waals surface area (Å²) in [5, 5.41) is 0. The monoisotopic (exact) mass is 223 g/mol. The van der Waals surface area contributed by atoms with E-state index in [0.29, 0.717) is 6.61 Å². The maximum Gasteiger partial charge on any atom is 0.124 e. The molecule has 0 saturated carbocycles. The standard InChI is InChI=1S/C13H21NO2/c1-5-16-11-9-7-6-8-10(11)12(14)13(2,3)15-4/h6-9,12H,5,14H2,1-4H3. The van der Waals surface area contributed by atoms with E-state index in [-0.39, 0.29) is 6.04 Å². The number of methoxy groups -OCH3 is 1. The highest BCUT2D eigenvalue weighted by atomic mass is 16.5. The number of hydrogen-bond donors (Lipinski definition) is 1. The zero-order valence-corrected chi connectivity index (χ0v) is 10.5. The van der Waals surface area contributed by atoms with Crippen molar-refractivity contribution < 1.29 is 9.47 Å². The van der Waals surface area contributed by atoms with E-state index < -0.39 is 5.60 Å². The van der Waals surface area contributed by atoms with Crippen molar-refractivity contribution in [2.75, 3.05) is 13.7 Å². The lowest BCUT2D eigenvalue weighted by atomic mass is 9.92. The van der Waals surface area contributed by atoms with Crippen LogP contribution in [-0.2, 0) is 4.74 Å². The molecular formula is C13H21NO2. The van der Waals surface area contributed by atoms with Crippen LogP contribution in [0.2, 0.25) is 0 Å². The van der Waals surface area contributed by atoms with Crippen molar-refractivity contribution >= 4 is 0 Å². The van der Waals surface area contributed by atoms with Crippen LogP contribution in [0.5, 0.6) is 5.75 Å². The molecule has 0 amide bonds. The van der Waals surface area contributed by atoms with E-state index in [9.17, 15) is 0 Å². The molecule has 0 spiro atoms. The van der Waals surface area contributed by atoms with E-state index in [1.807, 2.05) is 45.0 Å². The molecule has 0 heterocycles. The van der Waals surface area contributed by atoms with Crippen molar-refractivity contribution in [1.82, 2.24) is 0 Å². The molecule has 0 fully saturated rings. The Morgan fingerprint density at radius 3 is 2.50 bits per heavy atom. The maximum atomic E-state index is 6.21. The van der Waals surface area contributed by atoms with E-state index in [1.165, 1.54) is 0 Å². The summed E-state index contributed by atoms with van der Waals surface area (Å²) in [5.74, 6) is 0.836. The molecule has 16 heavy (non-hydrogen) atoms. The van der Waals surface area contributed by atoms with Crippen molar-refractivity contribution in [3.05, 3.63) is 29.8 Å². The Labute approximate surface area is 97.6 Å². The lowest BCUT2D eigenvalue weighted by molar-refractivity contribution is -0.000683. The lowest BCUT2D eigenvalue weighted by Gasteiger charge is -2.31. The fourth-order valence-electron chi connectivity index (χ4n) is 1.53. The Balaban J connectivity index is 3.02. The topological polar surface area (TPSA) is 44.5 Å². The second kappa shape index (κ2) is 5.32. The molecule has 0 radical (unpaired) electrons. The first-order chi connectivity index (χ1) is 7.53. The van der Waals surface area contributed by atoms with Gasteiger partial charge in [0.1, 0.15) is 5.75 Å². The predicted molar refractivity (Wildman–Crippen MR) is 65.6 cm³/mol. The van der Waals surface area contributed by atoms with Gasteiger partial charge in [-0.25, -0.2) is 0 Å². The minimum Gasteiger partial charge on any atom is -0.494 e. The van der Waals surface area contributed by atoms with Crippen LogP contribution < -0.4 is 10.5 Å². The number of nitrogens with two attached hydrogens (primary N) is 1. The minimum atomic E-state index is -0.410. The number of para-hydroxylation sites is 1. The molecule has 0 aliphatic carbocycles. The summed E-state index contributed by atoms with van der Waals surface area (Å²) in [7, 11) is 1.67. The van der Waals surface area contributed by atoms with Gasteiger partial charge in [0.25, 0.3) is 0 Å². The molecule has 90 valence electrons. The van der Waals surface area contributed by atoms with Crippen LogP contribution in [0.4, 0.5) is 0 Å². The third kappa shape index (κ3) is 2.74. The van der Waals surface area contributed by atoms with Gasteiger partial charge in [0.05, 0.1) is 18.2 Å². The first kappa shape index (κ1) is 13.0. The van der Waals surface area contributed by atoms with Gasteiger partial charge in [-0.15, -0.1) is 0 Å². The molecule has 2 N–H and O–H groups in total. The molecule has 0 bridgehead atoms. The highest BCUT2D eigenvalue weighted by molar-refractivity contribution is 5.37. The molecule has 3 heteroatoms. The van der Waals surface area contributed by atoms with Crippen LogP contribution in [0.25, 0.3) is 0 Å². The summed E-state index contributed by atoms with van der Waals surface area (Å²) in [5.41, 5.74) is 6.78. The normalized spacial score (nSPS) is 13.6. The van der Waals surface area contributed by atoms with Crippen molar-refractivity contribution in [3.8, 4) is 5.75 Å². The molecule has 0 aliphatic rings. The van der Waals surface area contributed by atoms with Gasteiger partial charge in [0.2, 0.25) is 0 Å². The third-order valence-corrected chi connectivity index (χ3v) is 2.83. The Bertz CT molecular complexity index is 336. The summed E-state index contributed by atoms with van der Waals surface area (Å²) < 4.78 is 11.0. The SMILES string of the molecule is CCOc1ccccc1C(N)C(C)(C)OC. The molecule has 0 aliphatic heterocycles. The molecule has 1 aromatic carbocycles. The molecule has 1 unspecified atom stereocenters. The number of rotatable bonds is 5. The Hall–Kier alpha value is -1.06. The van der Waals surface area contributed by atoms with E-state index in [2.05, 4.69) is 0 Å². The summed E-state index contributed by atoms with van der Waals surface area (Å²) >= 11 is 0. The quantitative estimate of drug-likeness (QED) is 0.834. The van der Waals surface area contributed by atoms with Crippen molar-refractivity contribution in [2.24, 2.45) is 5.73 Å². The summed E-state index contributed by atoms with van der Waals surface area (Å²) in [6.45, 7) is 6.54. The molecular weight excluding hydrogens is 202 g/mol. The molecule has 1 aromatic rings. The van der Waals surface area contributed by atoms with Crippen molar-refractivity contribution in [1.29, 1.82) is 0 Å². The minimum absolute atomic E-state index is 0.208. The second-order valence-electron chi connectivity index (χ2n) is 4.26. The summed E-state index contributed by atoms with van der Waals surface area (Å²) in [6.07, 6.45) is 0. The Morgan fingerprint density at radius 2 is 1.94 bits per heavy atom. The van der Waals surface area contributed by atoms with Crippen molar-refractivity contribution in [2.45, 2.75) is 32.4 Å². The van der Waals surface area contributed by atoms with E-state index >= 15 is 0 Å². The zero-order valence-electron chi connectivity index (χ0n) is 10.5. The van der Waals surface area contributed by atoms with Gasteiger partial charge in [-0.05, 0) is 26.8 Å². The molecule has 1 rings (SSSR count). The summed E-state index contributed by atoms with van der Waals surface area (Å²) in [6, 6.07) is 7.62. The molecule has 1 atom stereocenters. The fraction of sp³-hybridized carbons (Fsp3) is 0.538. The lowest BCUT2D eigenvalue weighted by Crippen LogP contribution is -2.37. The fourth-order valence-corrected chi connectivity index (χ4v) is 1.53. The third-order valence-electron chi connectivity index (χ3n) is 2.83. The first-order valence-electron chi connectivity index (χ1n) is 5.55. The van der Waals surface area contributed by atoms with Crippen LogP contribution in [-0.4, -0.2) is 19.3 Å². The van der Waals surface area contributed by atoms with Gasteiger partial charge in [-0.2, -0.15) is 0 Å². The second-order valence-corrected chi connectivity index (χ2v) is 4.26. The van der Waals surface area contributed by atoms with E-state index in [4.69, 9.17) is 15.2 Å². The zero-order chi connectivity index (χ0) is 12.2.